The summed E-state index contributed by atoms with van der Waals surface area (Å²) >= 11 is 1.61. The predicted octanol–water partition coefficient (Wildman–Crippen LogP) is 2.49. The van der Waals surface area contributed by atoms with E-state index in [1.54, 1.807) is 17.5 Å². The minimum atomic E-state index is 0.651. The third kappa shape index (κ3) is 1.52. The summed E-state index contributed by atoms with van der Waals surface area (Å²) in [6, 6.07) is 3.81. The number of rotatable bonds is 1. The lowest BCUT2D eigenvalue weighted by Crippen LogP contribution is -1.87. The van der Waals surface area contributed by atoms with Gasteiger partial charge in [-0.3, -0.25) is 0 Å². The molecule has 2 rings (SSSR count). The first-order valence-corrected chi connectivity index (χ1v) is 5.03. The van der Waals surface area contributed by atoms with Crippen molar-refractivity contribution >= 4 is 11.3 Å². The summed E-state index contributed by atoms with van der Waals surface area (Å²) in [4.78, 5) is 8.48. The van der Waals surface area contributed by atoms with E-state index in [1.807, 2.05) is 24.4 Å². The molecule has 0 amide bonds. The van der Waals surface area contributed by atoms with E-state index in [0.29, 0.717) is 5.69 Å². The van der Waals surface area contributed by atoms with Gasteiger partial charge in [-0.15, -0.1) is 17.8 Å². The molecule has 14 heavy (non-hydrogen) atoms. The highest BCUT2D eigenvalue weighted by molar-refractivity contribution is 7.09. The maximum absolute atomic E-state index is 5.36. The van der Waals surface area contributed by atoms with Gasteiger partial charge in [0.15, 0.2) is 0 Å². The lowest BCUT2D eigenvalue weighted by atomic mass is 10.1. The van der Waals surface area contributed by atoms with Gasteiger partial charge in [0, 0.05) is 17.1 Å². The van der Waals surface area contributed by atoms with E-state index in [9.17, 15) is 0 Å². The number of aryl methyl sites for hydroxylation is 1. The zero-order chi connectivity index (χ0) is 9.97. The van der Waals surface area contributed by atoms with Crippen LogP contribution in [0, 0.1) is 19.3 Å². The van der Waals surface area contributed by atoms with Crippen molar-refractivity contribution in [3.63, 3.8) is 0 Å². The number of hydrogen-bond donors (Lipinski definition) is 0. The molecular weight excluding hydrogens is 192 g/mol. The van der Waals surface area contributed by atoms with Crippen LogP contribution < -0.4 is 0 Å². The average Bonchev–Trinajstić information content (AvgIpc) is 2.65. The number of hydrogen-bond acceptors (Lipinski definition) is 3. The molecule has 68 valence electrons. The van der Waals surface area contributed by atoms with Crippen molar-refractivity contribution < 1.29 is 0 Å². The van der Waals surface area contributed by atoms with E-state index in [-0.39, 0.29) is 0 Å². The van der Waals surface area contributed by atoms with Crippen molar-refractivity contribution in [3.05, 3.63) is 34.4 Å². The highest BCUT2D eigenvalue weighted by atomic mass is 32.1. The Balaban J connectivity index is 2.57. The van der Waals surface area contributed by atoms with E-state index in [4.69, 9.17) is 6.42 Å². The lowest BCUT2D eigenvalue weighted by molar-refractivity contribution is 1.25. The second-order valence-corrected chi connectivity index (χ2v) is 3.86. The first kappa shape index (κ1) is 8.92. The summed E-state index contributed by atoms with van der Waals surface area (Å²) in [5.74, 6) is 2.56. The average molecular weight is 200 g/mol. The molecule has 0 aliphatic carbocycles. The second-order valence-electron chi connectivity index (χ2n) is 2.80. The van der Waals surface area contributed by atoms with Gasteiger partial charge in [0.2, 0.25) is 0 Å². The Morgan fingerprint density at radius 1 is 1.50 bits per heavy atom. The second kappa shape index (κ2) is 3.60. The Labute approximate surface area is 86.7 Å². The summed E-state index contributed by atoms with van der Waals surface area (Å²) in [6.45, 7) is 1.97. The number of thiazole rings is 1. The minimum absolute atomic E-state index is 0.651. The van der Waals surface area contributed by atoms with Crippen molar-refractivity contribution in [1.82, 2.24) is 9.97 Å². The summed E-state index contributed by atoms with van der Waals surface area (Å²) in [7, 11) is 0. The Hall–Kier alpha value is -1.66. The van der Waals surface area contributed by atoms with Crippen molar-refractivity contribution in [3.8, 4) is 23.6 Å². The smallest absolute Gasteiger partial charge is 0.122 e. The van der Waals surface area contributed by atoms with Gasteiger partial charge in [0.1, 0.15) is 5.69 Å². The number of aromatic nitrogens is 2. The molecule has 0 N–H and O–H groups in total. The van der Waals surface area contributed by atoms with Gasteiger partial charge in [-0.05, 0) is 25.0 Å². The van der Waals surface area contributed by atoms with Crippen molar-refractivity contribution in [2.75, 3.05) is 0 Å². The fraction of sp³-hybridized carbons (Fsp3) is 0.0909. The van der Waals surface area contributed by atoms with Crippen LogP contribution in [0.2, 0.25) is 0 Å². The Bertz CT molecular complexity index is 494. The van der Waals surface area contributed by atoms with Gasteiger partial charge < -0.3 is 0 Å². The third-order valence-electron chi connectivity index (χ3n) is 1.84. The maximum atomic E-state index is 5.36. The SMILES string of the molecule is C#Cc1ncccc1-c1csc(C)n1. The molecule has 2 aromatic rings. The topological polar surface area (TPSA) is 25.8 Å². The molecule has 0 fully saturated rings. The zero-order valence-corrected chi connectivity index (χ0v) is 8.51. The van der Waals surface area contributed by atoms with Crippen molar-refractivity contribution in [1.29, 1.82) is 0 Å². The molecule has 0 saturated carbocycles. The Kier molecular flexibility index (Phi) is 2.30. The van der Waals surface area contributed by atoms with Gasteiger partial charge in [0.05, 0.1) is 10.7 Å². The van der Waals surface area contributed by atoms with Crippen LogP contribution in [0.4, 0.5) is 0 Å². The fourth-order valence-corrected chi connectivity index (χ4v) is 1.83. The van der Waals surface area contributed by atoms with E-state index in [0.717, 1.165) is 16.3 Å². The molecule has 0 aliphatic heterocycles. The first-order valence-electron chi connectivity index (χ1n) is 4.15. The normalized spacial score (nSPS) is 9.71. The molecule has 3 heteroatoms. The van der Waals surface area contributed by atoms with Gasteiger partial charge in [-0.1, -0.05) is 0 Å². The molecule has 0 atom stereocenters. The monoisotopic (exact) mass is 200 g/mol. The zero-order valence-electron chi connectivity index (χ0n) is 7.69. The van der Waals surface area contributed by atoms with Crippen LogP contribution in [0.15, 0.2) is 23.7 Å². The first-order chi connectivity index (χ1) is 6.81. The number of pyridine rings is 1. The van der Waals surface area contributed by atoms with Crippen LogP contribution >= 0.6 is 11.3 Å². The number of nitrogens with zero attached hydrogens (tertiary/aromatic N) is 2. The highest BCUT2D eigenvalue weighted by Crippen LogP contribution is 2.23. The van der Waals surface area contributed by atoms with Gasteiger partial charge in [0.25, 0.3) is 0 Å². The Morgan fingerprint density at radius 3 is 3.00 bits per heavy atom. The Morgan fingerprint density at radius 2 is 2.36 bits per heavy atom. The molecule has 2 heterocycles. The molecule has 0 aliphatic rings. The van der Waals surface area contributed by atoms with Crippen molar-refractivity contribution in [2.45, 2.75) is 6.92 Å². The quantitative estimate of drug-likeness (QED) is 0.661. The molecule has 0 spiro atoms. The molecule has 0 radical (unpaired) electrons. The molecule has 2 nitrogen and oxygen atoms in total. The van der Waals surface area contributed by atoms with Crippen LogP contribution in [-0.2, 0) is 0 Å². The van der Waals surface area contributed by atoms with Crippen LogP contribution in [0.25, 0.3) is 11.3 Å². The van der Waals surface area contributed by atoms with E-state index < -0.39 is 0 Å². The summed E-state index contributed by atoms with van der Waals surface area (Å²) in [5, 5.41) is 3.03. The van der Waals surface area contributed by atoms with Gasteiger partial charge >= 0.3 is 0 Å². The molecule has 0 aromatic carbocycles. The van der Waals surface area contributed by atoms with Crippen molar-refractivity contribution in [2.24, 2.45) is 0 Å². The molecule has 0 bridgehead atoms. The van der Waals surface area contributed by atoms with Gasteiger partial charge in [-0.2, -0.15) is 0 Å². The standard InChI is InChI=1S/C11H8N2S/c1-3-10-9(5-4-6-12-10)11-7-14-8(2)13-11/h1,4-7H,2H3. The highest BCUT2D eigenvalue weighted by Gasteiger charge is 2.06. The van der Waals surface area contributed by atoms with E-state index in [1.165, 1.54) is 0 Å². The predicted molar refractivity (Wildman–Crippen MR) is 58.0 cm³/mol. The van der Waals surface area contributed by atoms with Crippen LogP contribution in [0.5, 0.6) is 0 Å². The minimum Gasteiger partial charge on any atom is -0.247 e. The number of terminal acetylenes is 1. The maximum Gasteiger partial charge on any atom is 0.122 e. The van der Waals surface area contributed by atoms with Crippen LogP contribution in [-0.4, -0.2) is 9.97 Å². The van der Waals surface area contributed by atoms with E-state index >= 15 is 0 Å². The summed E-state index contributed by atoms with van der Waals surface area (Å²) in [6.07, 6.45) is 7.05. The molecule has 0 saturated heterocycles. The molecular formula is C11H8N2S. The van der Waals surface area contributed by atoms with Crippen LogP contribution in [0.3, 0.4) is 0 Å². The third-order valence-corrected chi connectivity index (χ3v) is 2.61. The lowest BCUT2D eigenvalue weighted by Gasteiger charge is -1.98. The largest absolute Gasteiger partial charge is 0.247 e. The van der Waals surface area contributed by atoms with Gasteiger partial charge in [-0.25, -0.2) is 9.97 Å². The fourth-order valence-electron chi connectivity index (χ4n) is 1.21. The summed E-state index contributed by atoms with van der Waals surface area (Å²) in [5.41, 5.74) is 2.49. The van der Waals surface area contributed by atoms with E-state index in [2.05, 4.69) is 15.9 Å². The molecule has 0 unspecified atom stereocenters. The summed E-state index contributed by atoms with van der Waals surface area (Å²) < 4.78 is 0. The van der Waals surface area contributed by atoms with Crippen LogP contribution in [0.1, 0.15) is 10.7 Å². The molecule has 2 aromatic heterocycles.